The molecular weight excluding hydrogens is 512 g/mol. The molecule has 0 saturated carbocycles. The van der Waals surface area contributed by atoms with Gasteiger partial charge in [-0.3, -0.25) is 0 Å². The second kappa shape index (κ2) is 10.6. The summed E-state index contributed by atoms with van der Waals surface area (Å²) >= 11 is 0. The van der Waals surface area contributed by atoms with Crippen molar-refractivity contribution < 1.29 is 33.1 Å². The summed E-state index contributed by atoms with van der Waals surface area (Å²) in [4.78, 5) is 24.7. The highest BCUT2D eigenvalue weighted by Gasteiger charge is 2.52. The summed E-state index contributed by atoms with van der Waals surface area (Å²) < 4.78 is 32.4. The van der Waals surface area contributed by atoms with Crippen molar-refractivity contribution in [3.05, 3.63) is 100 Å². The maximum atomic E-state index is 14.4. The Balaban J connectivity index is 1.35. The molecule has 0 aromatic heterocycles. The van der Waals surface area contributed by atoms with Gasteiger partial charge in [-0.15, -0.1) is 0 Å². The lowest BCUT2D eigenvalue weighted by molar-refractivity contribution is 0.00578. The molecule has 1 saturated heterocycles. The monoisotopic (exact) mass is 543 g/mol. The first-order chi connectivity index (χ1) is 19.0. The third-order valence-electron chi connectivity index (χ3n) is 7.94. The molecule has 206 valence electrons. The van der Waals surface area contributed by atoms with E-state index in [1.54, 1.807) is 0 Å². The molecule has 1 aliphatic carbocycles. The van der Waals surface area contributed by atoms with Crippen LogP contribution in [0.2, 0.25) is 0 Å². The maximum Gasteiger partial charge on any atom is 0.492 e. The Hall–Kier alpha value is -3.95. The van der Waals surface area contributed by atoms with Crippen molar-refractivity contribution in [3.63, 3.8) is 0 Å². The van der Waals surface area contributed by atoms with Crippen LogP contribution in [0.1, 0.15) is 60.7 Å². The number of hydrogen-bond donors (Lipinski definition) is 2. The van der Waals surface area contributed by atoms with Crippen LogP contribution in [-0.2, 0) is 14.0 Å². The predicted octanol–water partition coefficient (Wildman–Crippen LogP) is 6.08. The van der Waals surface area contributed by atoms with E-state index in [1.165, 1.54) is 18.2 Å². The first-order valence-electron chi connectivity index (χ1n) is 13.2. The Kier molecular flexibility index (Phi) is 7.29. The van der Waals surface area contributed by atoms with Gasteiger partial charge in [0.1, 0.15) is 18.0 Å². The largest absolute Gasteiger partial charge is 0.492 e. The summed E-state index contributed by atoms with van der Waals surface area (Å²) in [6.07, 6.45) is 0.834. The molecule has 1 fully saturated rings. The Morgan fingerprint density at radius 3 is 2.10 bits per heavy atom. The van der Waals surface area contributed by atoms with Crippen LogP contribution in [-0.4, -0.2) is 48.6 Å². The Labute approximate surface area is 233 Å². The molecule has 1 heterocycles. The summed E-state index contributed by atoms with van der Waals surface area (Å²) in [6.45, 7) is 7.61. The second-order valence-electron chi connectivity index (χ2n) is 11.0. The van der Waals surface area contributed by atoms with E-state index in [2.05, 4.69) is 17.4 Å². The van der Waals surface area contributed by atoms with Crippen molar-refractivity contribution >= 4 is 25.3 Å². The van der Waals surface area contributed by atoms with E-state index in [0.29, 0.717) is 5.47 Å². The molecule has 7 nitrogen and oxygen atoms in total. The van der Waals surface area contributed by atoms with E-state index in [9.17, 15) is 19.1 Å². The van der Waals surface area contributed by atoms with Crippen LogP contribution >= 0.6 is 0 Å². The third kappa shape index (κ3) is 5.14. The maximum absolute atomic E-state index is 14.4. The summed E-state index contributed by atoms with van der Waals surface area (Å²) in [6, 6.07) is 20.1. The average Bonchev–Trinajstić information content (AvgIpc) is 3.34. The number of carboxylic acids is 1. The van der Waals surface area contributed by atoms with Gasteiger partial charge in [0, 0.05) is 12.5 Å². The van der Waals surface area contributed by atoms with Gasteiger partial charge in [-0.25, -0.2) is 14.0 Å². The van der Waals surface area contributed by atoms with Crippen molar-refractivity contribution in [2.75, 3.05) is 13.2 Å². The molecule has 40 heavy (non-hydrogen) atoms. The highest BCUT2D eigenvalue weighted by molar-refractivity contribution is 6.56. The molecule has 0 spiro atoms. The Morgan fingerprint density at radius 1 is 0.950 bits per heavy atom. The van der Waals surface area contributed by atoms with E-state index >= 15 is 0 Å². The quantitative estimate of drug-likeness (QED) is 0.351. The summed E-state index contributed by atoms with van der Waals surface area (Å²) in [5.74, 6) is -2.36. The number of benzene rings is 3. The fourth-order valence-electron chi connectivity index (χ4n) is 5.11. The number of carbonyl (C=O) groups excluding carboxylic acids is 1. The zero-order valence-electron chi connectivity index (χ0n) is 22.9. The van der Waals surface area contributed by atoms with Gasteiger partial charge in [0.2, 0.25) is 0 Å². The van der Waals surface area contributed by atoms with Gasteiger partial charge in [0.25, 0.3) is 0 Å². The molecule has 0 unspecified atom stereocenters. The molecule has 5 rings (SSSR count). The van der Waals surface area contributed by atoms with Gasteiger partial charge in [-0.1, -0.05) is 66.7 Å². The molecule has 1 amide bonds. The number of fused-ring (bicyclic) bond motifs is 3. The van der Waals surface area contributed by atoms with Crippen molar-refractivity contribution in [1.82, 2.24) is 5.32 Å². The number of nitrogens with one attached hydrogen (secondary N) is 1. The summed E-state index contributed by atoms with van der Waals surface area (Å²) in [5.41, 5.74) is 3.16. The van der Waals surface area contributed by atoms with Crippen LogP contribution in [0.5, 0.6) is 0 Å². The summed E-state index contributed by atoms with van der Waals surface area (Å²) in [5, 5.41) is 12.3. The second-order valence-corrected chi connectivity index (χ2v) is 11.0. The summed E-state index contributed by atoms with van der Waals surface area (Å²) in [7, 11) is -0.899. The fourth-order valence-corrected chi connectivity index (χ4v) is 5.11. The number of aromatic carboxylic acids is 1. The number of rotatable bonds is 7. The normalized spacial score (nSPS) is 17.3. The topological polar surface area (TPSA) is 94.1 Å². The van der Waals surface area contributed by atoms with Crippen molar-refractivity contribution in [2.45, 2.75) is 44.8 Å². The van der Waals surface area contributed by atoms with Crippen LogP contribution in [0.4, 0.5) is 9.18 Å². The van der Waals surface area contributed by atoms with Gasteiger partial charge >= 0.3 is 19.2 Å². The van der Waals surface area contributed by atoms with Crippen molar-refractivity contribution in [2.24, 2.45) is 0 Å². The number of carbonyl (C=O) groups is 2. The van der Waals surface area contributed by atoms with Gasteiger partial charge in [0.05, 0.1) is 11.2 Å². The van der Waals surface area contributed by atoms with E-state index in [0.717, 1.165) is 28.3 Å². The van der Waals surface area contributed by atoms with E-state index in [4.69, 9.17) is 14.0 Å². The number of hydrogen-bond acceptors (Lipinski definition) is 5. The number of alkyl carbamates (subject to hydrolysis) is 1. The smallest absolute Gasteiger partial charge is 0.478 e. The molecular formula is C31H31BFNO6. The van der Waals surface area contributed by atoms with Crippen LogP contribution in [0.3, 0.4) is 0 Å². The van der Waals surface area contributed by atoms with Crippen molar-refractivity contribution in [3.8, 4) is 11.1 Å². The van der Waals surface area contributed by atoms with Gasteiger partial charge < -0.3 is 24.5 Å². The van der Waals surface area contributed by atoms with Crippen LogP contribution in [0.15, 0.2) is 72.2 Å². The lowest BCUT2D eigenvalue weighted by atomic mass is 9.76. The zero-order valence-corrected chi connectivity index (χ0v) is 22.9. The minimum Gasteiger partial charge on any atom is -0.478 e. The lowest BCUT2D eigenvalue weighted by Crippen LogP contribution is -2.41. The minimum absolute atomic E-state index is 0.0664. The third-order valence-corrected chi connectivity index (χ3v) is 7.94. The number of ether oxygens (including phenoxy) is 1. The molecule has 0 bridgehead atoms. The molecule has 2 aliphatic rings. The standard InChI is InChI=1S/C31H31BFNO6/c1-30(2)31(3,4)40-32(39-30)20(16-19-10-9-15-26(33)27(19)28(35)36)17-34-29(37)38-18-25-23-13-7-5-11-21(23)22-12-6-8-14-24(22)25/h5-16,25H,17-18H2,1-4H3,(H,34,37)(H,35,36). The van der Waals surface area contributed by atoms with E-state index in [1.807, 2.05) is 64.1 Å². The van der Waals surface area contributed by atoms with Gasteiger partial charge in [-0.05, 0) is 67.1 Å². The van der Waals surface area contributed by atoms with Crippen LogP contribution < -0.4 is 5.32 Å². The SMILES string of the molecule is CC1(C)OB(C(=Cc2cccc(F)c2C(=O)O)CNC(=O)OCC2c3ccccc3-c3ccccc32)OC1(C)C. The average molecular weight is 543 g/mol. The van der Waals surface area contributed by atoms with Gasteiger partial charge in [0.15, 0.2) is 0 Å². The molecule has 3 aromatic rings. The number of halogens is 1. The minimum atomic E-state index is -1.40. The molecule has 1 aliphatic heterocycles. The van der Waals surface area contributed by atoms with E-state index in [-0.39, 0.29) is 24.6 Å². The Morgan fingerprint density at radius 2 is 1.52 bits per heavy atom. The van der Waals surface area contributed by atoms with Crippen LogP contribution in [0.25, 0.3) is 17.2 Å². The highest BCUT2D eigenvalue weighted by atomic mass is 19.1. The molecule has 9 heteroatoms. The first kappa shape index (κ1) is 27.6. The van der Waals surface area contributed by atoms with Crippen LogP contribution in [0, 0.1) is 5.82 Å². The Bertz CT molecular complexity index is 1440. The van der Waals surface area contributed by atoms with Crippen molar-refractivity contribution in [1.29, 1.82) is 0 Å². The molecule has 2 N–H and O–H groups in total. The number of carboxylic acid groups (broad SMARTS) is 1. The fraction of sp³-hybridized carbons (Fsp3) is 0.290. The molecule has 3 aromatic carbocycles. The lowest BCUT2D eigenvalue weighted by Gasteiger charge is -2.32. The predicted molar refractivity (Wildman–Crippen MR) is 150 cm³/mol. The number of amides is 1. The molecule has 0 radical (unpaired) electrons. The molecule has 0 atom stereocenters. The highest BCUT2D eigenvalue weighted by Crippen LogP contribution is 2.44. The first-order valence-corrected chi connectivity index (χ1v) is 13.2. The van der Waals surface area contributed by atoms with E-state index < -0.39 is 41.8 Å². The van der Waals surface area contributed by atoms with Gasteiger partial charge in [-0.2, -0.15) is 0 Å². The zero-order chi connectivity index (χ0) is 28.7.